The van der Waals surface area contributed by atoms with Crippen molar-refractivity contribution < 1.29 is 14.3 Å². The second-order valence-electron chi connectivity index (χ2n) is 6.89. The molecule has 1 aromatic carbocycles. The van der Waals surface area contributed by atoms with Gasteiger partial charge in [-0.3, -0.25) is 4.79 Å². The molecule has 148 valence electrons. The topological polar surface area (TPSA) is 76.6 Å². The molecule has 0 saturated carbocycles. The van der Waals surface area contributed by atoms with Gasteiger partial charge in [0.15, 0.2) is 5.82 Å². The quantitative estimate of drug-likeness (QED) is 0.714. The Kier molecular flexibility index (Phi) is 4.87. The number of thiazole rings is 1. The summed E-state index contributed by atoms with van der Waals surface area (Å²) in [6.45, 7) is 3.54. The zero-order valence-electron chi connectivity index (χ0n) is 15.8. The molecule has 29 heavy (non-hydrogen) atoms. The van der Waals surface area contributed by atoms with Gasteiger partial charge in [-0.25, -0.2) is 9.97 Å². The van der Waals surface area contributed by atoms with E-state index in [4.69, 9.17) is 9.47 Å². The maximum atomic E-state index is 12.8. The molecule has 1 amide bonds. The van der Waals surface area contributed by atoms with Crippen LogP contribution in [-0.2, 0) is 11.2 Å². The Hall–Kier alpha value is -2.97. The van der Waals surface area contributed by atoms with Crippen molar-refractivity contribution >= 4 is 28.7 Å². The van der Waals surface area contributed by atoms with Crippen LogP contribution in [0.25, 0.3) is 10.6 Å². The van der Waals surface area contributed by atoms with Crippen LogP contribution in [0.2, 0.25) is 0 Å². The second-order valence-corrected chi connectivity index (χ2v) is 7.75. The molecule has 0 spiro atoms. The van der Waals surface area contributed by atoms with Crippen molar-refractivity contribution in [3.8, 4) is 16.3 Å². The SMILES string of the molecule is O=C(Nc1cccnc1N1CCOCC1)c1csc(-c2ccc3c(c2)CCO3)n1. The van der Waals surface area contributed by atoms with Crippen LogP contribution >= 0.6 is 11.3 Å². The summed E-state index contributed by atoms with van der Waals surface area (Å²) in [7, 11) is 0. The summed E-state index contributed by atoms with van der Waals surface area (Å²) in [5, 5.41) is 5.59. The van der Waals surface area contributed by atoms with Gasteiger partial charge < -0.3 is 19.7 Å². The molecular weight excluding hydrogens is 388 g/mol. The number of nitrogens with one attached hydrogen (secondary N) is 1. The Labute approximate surface area is 172 Å². The normalized spacial score (nSPS) is 15.7. The largest absolute Gasteiger partial charge is 0.493 e. The molecule has 4 heterocycles. The zero-order chi connectivity index (χ0) is 19.6. The van der Waals surface area contributed by atoms with E-state index in [1.807, 2.05) is 24.3 Å². The standard InChI is InChI=1S/C21H20N4O3S/c26-20(23-16-2-1-6-22-19(16)25-7-10-27-11-8-25)17-13-29-21(24-17)15-3-4-18-14(12-15)5-9-28-18/h1-4,6,12-13H,5,7-11H2,(H,23,26). The van der Waals surface area contributed by atoms with Gasteiger partial charge in [0, 0.05) is 36.7 Å². The molecule has 0 aliphatic carbocycles. The number of rotatable bonds is 4. The van der Waals surface area contributed by atoms with Crippen molar-refractivity contribution in [1.82, 2.24) is 9.97 Å². The number of hydrogen-bond acceptors (Lipinski definition) is 7. The van der Waals surface area contributed by atoms with E-state index in [1.54, 1.807) is 11.6 Å². The number of morpholine rings is 1. The monoisotopic (exact) mass is 408 g/mol. The van der Waals surface area contributed by atoms with Crippen LogP contribution in [0.1, 0.15) is 16.1 Å². The van der Waals surface area contributed by atoms with Crippen LogP contribution in [0.15, 0.2) is 41.9 Å². The van der Waals surface area contributed by atoms with Crippen molar-refractivity contribution in [3.63, 3.8) is 0 Å². The fourth-order valence-electron chi connectivity index (χ4n) is 3.54. The third kappa shape index (κ3) is 3.68. The molecule has 0 unspecified atom stereocenters. The molecule has 2 aliphatic heterocycles. The molecule has 3 aromatic rings. The molecule has 0 bridgehead atoms. The van der Waals surface area contributed by atoms with Crippen LogP contribution in [0.5, 0.6) is 5.75 Å². The van der Waals surface area contributed by atoms with Gasteiger partial charge in [-0.15, -0.1) is 11.3 Å². The Bertz CT molecular complexity index is 1050. The van der Waals surface area contributed by atoms with Crippen molar-refractivity contribution in [2.24, 2.45) is 0 Å². The van der Waals surface area contributed by atoms with Crippen LogP contribution < -0.4 is 15.0 Å². The number of hydrogen-bond donors (Lipinski definition) is 1. The van der Waals surface area contributed by atoms with Gasteiger partial charge in [0.05, 0.1) is 25.5 Å². The third-order valence-electron chi connectivity index (χ3n) is 5.02. The van der Waals surface area contributed by atoms with E-state index in [2.05, 4.69) is 26.3 Å². The number of fused-ring (bicyclic) bond motifs is 1. The van der Waals surface area contributed by atoms with Gasteiger partial charge in [0.1, 0.15) is 16.5 Å². The second kappa shape index (κ2) is 7.81. The number of pyridine rings is 1. The number of carbonyl (C=O) groups excluding carboxylic acids is 1. The highest BCUT2D eigenvalue weighted by molar-refractivity contribution is 7.13. The summed E-state index contributed by atoms with van der Waals surface area (Å²) in [6.07, 6.45) is 2.65. The fourth-order valence-corrected chi connectivity index (χ4v) is 4.34. The lowest BCUT2D eigenvalue weighted by molar-refractivity contribution is 0.102. The van der Waals surface area contributed by atoms with Gasteiger partial charge in [-0.1, -0.05) is 0 Å². The number of amides is 1. The smallest absolute Gasteiger partial charge is 0.275 e. The van der Waals surface area contributed by atoms with Crippen molar-refractivity contribution in [3.05, 3.63) is 53.2 Å². The van der Waals surface area contributed by atoms with Gasteiger partial charge in [0.2, 0.25) is 0 Å². The predicted molar refractivity (Wildman–Crippen MR) is 112 cm³/mol. The predicted octanol–water partition coefficient (Wildman–Crippen LogP) is 3.23. The van der Waals surface area contributed by atoms with Crippen molar-refractivity contribution in [2.45, 2.75) is 6.42 Å². The van der Waals surface area contributed by atoms with Crippen LogP contribution in [0.3, 0.4) is 0 Å². The Balaban J connectivity index is 1.35. The first-order valence-electron chi connectivity index (χ1n) is 9.58. The molecule has 7 nitrogen and oxygen atoms in total. The maximum absolute atomic E-state index is 12.8. The lowest BCUT2D eigenvalue weighted by Gasteiger charge is -2.29. The minimum Gasteiger partial charge on any atom is -0.493 e. The lowest BCUT2D eigenvalue weighted by Crippen LogP contribution is -2.37. The number of nitrogens with zero attached hydrogens (tertiary/aromatic N) is 3. The van der Waals surface area contributed by atoms with Crippen LogP contribution in [0, 0.1) is 0 Å². The minimum atomic E-state index is -0.237. The van der Waals surface area contributed by atoms with E-state index >= 15 is 0 Å². The van der Waals surface area contributed by atoms with E-state index in [0.29, 0.717) is 24.6 Å². The van der Waals surface area contributed by atoms with E-state index in [9.17, 15) is 4.79 Å². The van der Waals surface area contributed by atoms with E-state index in [0.717, 1.165) is 48.3 Å². The number of anilines is 2. The number of benzene rings is 1. The molecule has 1 fully saturated rings. The number of ether oxygens (including phenoxy) is 2. The van der Waals surface area contributed by atoms with E-state index in [1.165, 1.54) is 16.9 Å². The molecule has 8 heteroatoms. The Morgan fingerprint density at radius 3 is 2.97 bits per heavy atom. The molecule has 2 aromatic heterocycles. The first-order chi connectivity index (χ1) is 14.3. The van der Waals surface area contributed by atoms with E-state index < -0.39 is 0 Å². The summed E-state index contributed by atoms with van der Waals surface area (Å²) in [5.41, 5.74) is 3.28. The first kappa shape index (κ1) is 18.1. The average Bonchev–Trinajstić information content (AvgIpc) is 3.44. The molecule has 0 radical (unpaired) electrons. The fraction of sp³-hybridized carbons (Fsp3) is 0.286. The summed E-state index contributed by atoms with van der Waals surface area (Å²) in [6, 6.07) is 9.74. The molecule has 2 aliphatic rings. The Morgan fingerprint density at radius 2 is 2.07 bits per heavy atom. The highest BCUT2D eigenvalue weighted by Crippen LogP contribution is 2.32. The van der Waals surface area contributed by atoms with Crippen molar-refractivity contribution in [2.75, 3.05) is 43.1 Å². The summed E-state index contributed by atoms with van der Waals surface area (Å²) in [4.78, 5) is 24.0. The highest BCUT2D eigenvalue weighted by atomic mass is 32.1. The van der Waals surface area contributed by atoms with Gasteiger partial charge >= 0.3 is 0 Å². The summed E-state index contributed by atoms with van der Waals surface area (Å²) in [5.74, 6) is 1.47. The van der Waals surface area contributed by atoms with Gasteiger partial charge in [-0.2, -0.15) is 0 Å². The average molecular weight is 408 g/mol. The molecule has 5 rings (SSSR count). The molecule has 1 N–H and O–H groups in total. The maximum Gasteiger partial charge on any atom is 0.275 e. The van der Waals surface area contributed by atoms with Crippen molar-refractivity contribution in [1.29, 1.82) is 0 Å². The molecule has 1 saturated heterocycles. The van der Waals surface area contributed by atoms with Crippen LogP contribution in [-0.4, -0.2) is 48.8 Å². The number of carbonyl (C=O) groups is 1. The van der Waals surface area contributed by atoms with E-state index in [-0.39, 0.29) is 5.91 Å². The highest BCUT2D eigenvalue weighted by Gasteiger charge is 2.20. The number of aromatic nitrogens is 2. The molecular formula is C21H20N4O3S. The van der Waals surface area contributed by atoms with Gasteiger partial charge in [0.25, 0.3) is 5.91 Å². The summed E-state index contributed by atoms with van der Waals surface area (Å²) < 4.78 is 11.0. The minimum absolute atomic E-state index is 0.237. The lowest BCUT2D eigenvalue weighted by atomic mass is 10.1. The van der Waals surface area contributed by atoms with Gasteiger partial charge in [-0.05, 0) is 35.9 Å². The third-order valence-corrected chi connectivity index (χ3v) is 5.91. The zero-order valence-corrected chi connectivity index (χ0v) is 16.6. The summed E-state index contributed by atoms with van der Waals surface area (Å²) >= 11 is 1.46. The molecule has 0 atom stereocenters. The van der Waals surface area contributed by atoms with Crippen LogP contribution in [0.4, 0.5) is 11.5 Å². The Morgan fingerprint density at radius 1 is 1.17 bits per heavy atom. The first-order valence-corrected chi connectivity index (χ1v) is 10.5.